The van der Waals surface area contributed by atoms with Crippen LogP contribution in [0.4, 0.5) is 5.69 Å². The number of nitrogens with zero attached hydrogens (tertiary/aromatic N) is 5. The number of aliphatic imine (C=N–C) groups is 1. The Hall–Kier alpha value is -2.83. The largest absolute Gasteiger partial charge is 0.353 e. The highest BCUT2D eigenvalue weighted by Crippen LogP contribution is 2.41. The Morgan fingerprint density at radius 2 is 2.00 bits per heavy atom. The van der Waals surface area contributed by atoms with Crippen molar-refractivity contribution in [2.45, 2.75) is 38.1 Å². The van der Waals surface area contributed by atoms with Gasteiger partial charge in [-0.2, -0.15) is 5.10 Å². The summed E-state index contributed by atoms with van der Waals surface area (Å²) in [5.74, 6) is 1.96. The van der Waals surface area contributed by atoms with Crippen molar-refractivity contribution in [3.8, 4) is 0 Å². The summed E-state index contributed by atoms with van der Waals surface area (Å²) in [7, 11) is 3.65. The van der Waals surface area contributed by atoms with Crippen molar-refractivity contribution in [1.82, 2.24) is 20.0 Å². The monoisotopic (exact) mass is 394 g/mol. The summed E-state index contributed by atoms with van der Waals surface area (Å²) in [5, 5.41) is 7.73. The Morgan fingerprint density at radius 1 is 1.24 bits per heavy atom. The Kier molecular flexibility index (Phi) is 5.30. The first kappa shape index (κ1) is 19.5. The van der Waals surface area contributed by atoms with Gasteiger partial charge in [0.15, 0.2) is 5.96 Å². The number of hydrogen-bond donors (Lipinski definition) is 1. The summed E-state index contributed by atoms with van der Waals surface area (Å²) in [5.41, 5.74) is 3.60. The molecular formula is C22H30N6O. The van der Waals surface area contributed by atoms with E-state index in [4.69, 9.17) is 0 Å². The van der Waals surface area contributed by atoms with Crippen molar-refractivity contribution in [3.63, 3.8) is 0 Å². The van der Waals surface area contributed by atoms with Gasteiger partial charge in [-0.3, -0.25) is 14.5 Å². The number of anilines is 1. The molecule has 2 aliphatic rings. The van der Waals surface area contributed by atoms with E-state index in [1.165, 1.54) is 11.1 Å². The highest BCUT2D eigenvalue weighted by Gasteiger charge is 2.40. The standard InChI is InChI=1S/C22H30N6O/c1-15(2)16-5-7-17(8-6-16)19-11-20(19)25-22(23-3)27-9-10-28(21(29)14-27)18-12-24-26(4)13-18/h5-8,12-13,15,19-20H,9-11,14H2,1-4H3,(H,23,25). The average molecular weight is 395 g/mol. The van der Waals surface area contributed by atoms with Crippen LogP contribution in [0.15, 0.2) is 41.7 Å². The van der Waals surface area contributed by atoms with Gasteiger partial charge < -0.3 is 15.1 Å². The number of nitrogens with one attached hydrogen (secondary N) is 1. The van der Waals surface area contributed by atoms with E-state index in [2.05, 4.69) is 53.5 Å². The van der Waals surface area contributed by atoms with Gasteiger partial charge >= 0.3 is 0 Å². The second-order valence-electron chi connectivity index (χ2n) is 8.30. The van der Waals surface area contributed by atoms with Crippen LogP contribution in [0.2, 0.25) is 0 Å². The smallest absolute Gasteiger partial charge is 0.246 e. The van der Waals surface area contributed by atoms with Gasteiger partial charge in [-0.15, -0.1) is 0 Å². The van der Waals surface area contributed by atoms with Gasteiger partial charge in [-0.25, -0.2) is 0 Å². The van der Waals surface area contributed by atoms with Gasteiger partial charge in [0.1, 0.15) is 6.54 Å². The van der Waals surface area contributed by atoms with E-state index in [0.717, 1.165) is 24.6 Å². The van der Waals surface area contributed by atoms with Crippen LogP contribution >= 0.6 is 0 Å². The highest BCUT2D eigenvalue weighted by atomic mass is 16.2. The third-order valence-corrected chi connectivity index (χ3v) is 5.87. The zero-order valence-corrected chi connectivity index (χ0v) is 17.7. The SMILES string of the molecule is CN=C(NC1CC1c1ccc(C(C)C)cc1)N1CCN(c2cnn(C)c2)C(=O)C1. The van der Waals surface area contributed by atoms with Gasteiger partial charge in [-0.05, 0) is 23.5 Å². The van der Waals surface area contributed by atoms with E-state index in [1.807, 2.05) is 18.1 Å². The zero-order valence-electron chi connectivity index (χ0n) is 17.7. The summed E-state index contributed by atoms with van der Waals surface area (Å²) in [6.45, 7) is 6.15. The highest BCUT2D eigenvalue weighted by molar-refractivity contribution is 5.98. The molecule has 1 N–H and O–H groups in total. The van der Waals surface area contributed by atoms with E-state index in [9.17, 15) is 4.79 Å². The fraction of sp³-hybridized carbons (Fsp3) is 0.500. The number of piperazine rings is 1. The molecule has 1 amide bonds. The molecule has 1 aromatic heterocycles. The molecule has 0 bridgehead atoms. The Balaban J connectivity index is 1.34. The van der Waals surface area contributed by atoms with Crippen LogP contribution in [0.1, 0.15) is 43.2 Å². The third kappa shape index (κ3) is 4.13. The van der Waals surface area contributed by atoms with Crippen molar-refractivity contribution in [1.29, 1.82) is 0 Å². The molecule has 2 atom stereocenters. The molecule has 154 valence electrons. The van der Waals surface area contributed by atoms with E-state index in [1.54, 1.807) is 22.8 Å². The van der Waals surface area contributed by atoms with E-state index in [0.29, 0.717) is 31.0 Å². The molecule has 1 aliphatic carbocycles. The van der Waals surface area contributed by atoms with Crippen LogP contribution in [0.5, 0.6) is 0 Å². The summed E-state index contributed by atoms with van der Waals surface area (Å²) in [6, 6.07) is 9.35. The van der Waals surface area contributed by atoms with E-state index < -0.39 is 0 Å². The summed E-state index contributed by atoms with van der Waals surface area (Å²) in [4.78, 5) is 21.0. The van der Waals surface area contributed by atoms with Crippen LogP contribution in [-0.2, 0) is 11.8 Å². The maximum atomic E-state index is 12.7. The van der Waals surface area contributed by atoms with Crippen LogP contribution in [-0.4, -0.2) is 59.3 Å². The molecule has 2 heterocycles. The lowest BCUT2D eigenvalue weighted by Crippen LogP contribution is -2.55. The lowest BCUT2D eigenvalue weighted by Gasteiger charge is -2.35. The normalized spacial score (nSPS) is 22.4. The number of amides is 1. The Labute approximate surface area is 172 Å². The minimum atomic E-state index is 0.0730. The van der Waals surface area contributed by atoms with E-state index in [-0.39, 0.29) is 5.91 Å². The average Bonchev–Trinajstić information content (AvgIpc) is 3.36. The zero-order chi connectivity index (χ0) is 20.5. The fourth-order valence-corrected chi connectivity index (χ4v) is 3.99. The first-order valence-electron chi connectivity index (χ1n) is 10.3. The van der Waals surface area contributed by atoms with Crippen LogP contribution in [0.25, 0.3) is 0 Å². The lowest BCUT2D eigenvalue weighted by atomic mass is 10.0. The van der Waals surface area contributed by atoms with Gasteiger partial charge in [-0.1, -0.05) is 38.1 Å². The second-order valence-corrected chi connectivity index (χ2v) is 8.30. The molecular weight excluding hydrogens is 364 g/mol. The molecule has 7 heteroatoms. The van der Waals surface area contributed by atoms with Crippen molar-refractivity contribution < 1.29 is 4.79 Å². The molecule has 0 spiro atoms. The number of benzene rings is 1. The molecule has 2 fully saturated rings. The minimum absolute atomic E-state index is 0.0730. The van der Waals surface area contributed by atoms with Crippen molar-refractivity contribution >= 4 is 17.6 Å². The minimum Gasteiger partial charge on any atom is -0.353 e. The van der Waals surface area contributed by atoms with Crippen molar-refractivity contribution in [2.75, 3.05) is 31.6 Å². The fourth-order valence-electron chi connectivity index (χ4n) is 3.99. The number of rotatable bonds is 4. The summed E-state index contributed by atoms with van der Waals surface area (Å²) >= 11 is 0. The Bertz CT molecular complexity index is 900. The molecule has 1 aromatic carbocycles. The second kappa shape index (κ2) is 7.89. The van der Waals surface area contributed by atoms with Gasteiger partial charge in [0, 0.05) is 45.3 Å². The first-order chi connectivity index (χ1) is 14.0. The lowest BCUT2D eigenvalue weighted by molar-refractivity contribution is -0.120. The molecule has 2 aromatic rings. The van der Waals surface area contributed by atoms with E-state index >= 15 is 0 Å². The predicted octanol–water partition coefficient (Wildman–Crippen LogP) is 2.32. The molecule has 1 saturated carbocycles. The van der Waals surface area contributed by atoms with Crippen molar-refractivity contribution in [2.24, 2.45) is 12.0 Å². The number of aryl methyl sites for hydroxylation is 1. The first-order valence-corrected chi connectivity index (χ1v) is 10.3. The van der Waals surface area contributed by atoms with Crippen LogP contribution in [0.3, 0.4) is 0 Å². The molecule has 7 nitrogen and oxygen atoms in total. The van der Waals surface area contributed by atoms with Crippen molar-refractivity contribution in [3.05, 3.63) is 47.8 Å². The molecule has 4 rings (SSSR count). The summed E-state index contributed by atoms with van der Waals surface area (Å²) in [6.07, 6.45) is 4.71. The van der Waals surface area contributed by atoms with Crippen LogP contribution in [0, 0.1) is 0 Å². The molecule has 1 saturated heterocycles. The maximum Gasteiger partial charge on any atom is 0.246 e. The molecule has 2 unspecified atom stereocenters. The molecule has 0 radical (unpaired) electrons. The number of carbonyl (C=O) groups is 1. The van der Waals surface area contributed by atoms with Gasteiger partial charge in [0.05, 0.1) is 11.9 Å². The molecule has 1 aliphatic heterocycles. The topological polar surface area (TPSA) is 65.8 Å². The maximum absolute atomic E-state index is 12.7. The third-order valence-electron chi connectivity index (χ3n) is 5.87. The number of carbonyl (C=O) groups excluding carboxylic acids is 1. The molecule has 29 heavy (non-hydrogen) atoms. The summed E-state index contributed by atoms with van der Waals surface area (Å²) < 4.78 is 1.72. The number of guanidine groups is 1. The quantitative estimate of drug-likeness (QED) is 0.639. The Morgan fingerprint density at radius 3 is 2.59 bits per heavy atom. The number of hydrogen-bond acceptors (Lipinski definition) is 3. The predicted molar refractivity (Wildman–Crippen MR) is 115 cm³/mol. The van der Waals surface area contributed by atoms with Gasteiger partial charge in [0.2, 0.25) is 5.91 Å². The van der Waals surface area contributed by atoms with Crippen LogP contribution < -0.4 is 10.2 Å². The van der Waals surface area contributed by atoms with Gasteiger partial charge in [0.25, 0.3) is 0 Å². The number of aromatic nitrogens is 2.